The molecule has 0 radical (unpaired) electrons. The Bertz CT molecular complexity index is 1290. The van der Waals surface area contributed by atoms with Crippen molar-refractivity contribution < 1.29 is 4.79 Å². The number of fused-ring (bicyclic) bond motifs is 1. The van der Waals surface area contributed by atoms with Gasteiger partial charge in [0.25, 0.3) is 0 Å². The third-order valence-corrected chi connectivity index (χ3v) is 6.27. The van der Waals surface area contributed by atoms with E-state index < -0.39 is 0 Å². The van der Waals surface area contributed by atoms with Gasteiger partial charge in [0.15, 0.2) is 0 Å². The maximum absolute atomic E-state index is 12.0. The Balaban J connectivity index is 1.28. The van der Waals surface area contributed by atoms with Crippen LogP contribution in [0.4, 0.5) is 17.3 Å². The fraction of sp³-hybridized carbons (Fsp3) is 0.296. The van der Waals surface area contributed by atoms with Crippen molar-refractivity contribution in [2.45, 2.75) is 26.2 Å². The predicted molar refractivity (Wildman–Crippen MR) is 140 cm³/mol. The van der Waals surface area contributed by atoms with E-state index in [1.165, 1.54) is 0 Å². The molecule has 1 aliphatic heterocycles. The number of hydrogen-bond donors (Lipinski definition) is 1. The second kappa shape index (κ2) is 10.5. The smallest absolute Gasteiger partial charge is 0.224 e. The van der Waals surface area contributed by atoms with E-state index in [0.29, 0.717) is 6.42 Å². The minimum atomic E-state index is 0.0608. The molecule has 0 saturated carbocycles. The van der Waals surface area contributed by atoms with E-state index in [-0.39, 0.29) is 5.91 Å². The average Bonchev–Trinajstić information content (AvgIpc) is 2.92. The maximum atomic E-state index is 12.0. The SMILES string of the molecule is CCCCC(=O)Nc1ccc(-c2ccc3ncc(N4CCN(c5cnccn5)CC4)nc3c2)cc1. The number of nitrogens with zero attached hydrogens (tertiary/aromatic N) is 6. The second-order valence-corrected chi connectivity index (χ2v) is 8.70. The molecule has 2 aromatic heterocycles. The first-order chi connectivity index (χ1) is 17.2. The molecule has 0 atom stereocenters. The number of aromatic nitrogens is 4. The van der Waals surface area contributed by atoms with Crippen LogP contribution in [0.1, 0.15) is 26.2 Å². The summed E-state index contributed by atoms with van der Waals surface area (Å²) >= 11 is 0. The summed E-state index contributed by atoms with van der Waals surface area (Å²) in [6.45, 7) is 5.50. The summed E-state index contributed by atoms with van der Waals surface area (Å²) in [5.74, 6) is 1.86. The number of amides is 1. The standard InChI is InChI=1S/C27H29N7O/c1-2-3-4-27(35)31-22-8-5-20(6-9-22)21-7-10-23-24(17-21)32-26(19-30-23)34-15-13-33(14-16-34)25-18-28-11-12-29-25/h5-12,17-19H,2-4,13-16H2,1H3,(H,31,35). The van der Waals surface area contributed by atoms with Gasteiger partial charge in [-0.1, -0.05) is 31.5 Å². The van der Waals surface area contributed by atoms with Crippen molar-refractivity contribution in [1.29, 1.82) is 0 Å². The van der Waals surface area contributed by atoms with Crippen LogP contribution in [-0.2, 0) is 4.79 Å². The van der Waals surface area contributed by atoms with Gasteiger partial charge in [0.05, 0.1) is 23.4 Å². The van der Waals surface area contributed by atoms with Gasteiger partial charge in [-0.3, -0.25) is 14.8 Å². The molecule has 1 fully saturated rings. The number of hydrogen-bond acceptors (Lipinski definition) is 7. The lowest BCUT2D eigenvalue weighted by molar-refractivity contribution is -0.116. The van der Waals surface area contributed by atoms with Gasteiger partial charge in [-0.05, 0) is 41.8 Å². The van der Waals surface area contributed by atoms with E-state index in [9.17, 15) is 4.79 Å². The molecule has 0 aliphatic carbocycles. The lowest BCUT2D eigenvalue weighted by Crippen LogP contribution is -2.47. The molecule has 35 heavy (non-hydrogen) atoms. The fourth-order valence-electron chi connectivity index (χ4n) is 4.26. The monoisotopic (exact) mass is 467 g/mol. The van der Waals surface area contributed by atoms with Gasteiger partial charge in [0, 0.05) is 50.7 Å². The third-order valence-electron chi connectivity index (χ3n) is 6.27. The van der Waals surface area contributed by atoms with E-state index in [0.717, 1.165) is 78.5 Å². The maximum Gasteiger partial charge on any atom is 0.224 e. The number of anilines is 3. The number of piperazine rings is 1. The Hall–Kier alpha value is -4.07. The molecule has 4 aromatic rings. The minimum Gasteiger partial charge on any atom is -0.352 e. The number of benzene rings is 2. The van der Waals surface area contributed by atoms with Gasteiger partial charge in [-0.15, -0.1) is 0 Å². The number of carbonyl (C=O) groups is 1. The van der Waals surface area contributed by atoms with Crippen LogP contribution in [-0.4, -0.2) is 52.0 Å². The van der Waals surface area contributed by atoms with Crippen LogP contribution in [0.25, 0.3) is 22.2 Å². The Labute approximate surface area is 205 Å². The van der Waals surface area contributed by atoms with Crippen LogP contribution in [0.5, 0.6) is 0 Å². The van der Waals surface area contributed by atoms with Gasteiger partial charge in [0.1, 0.15) is 11.6 Å². The molecule has 8 heteroatoms. The van der Waals surface area contributed by atoms with E-state index in [2.05, 4.69) is 49.1 Å². The van der Waals surface area contributed by atoms with Crippen molar-refractivity contribution in [2.75, 3.05) is 41.3 Å². The van der Waals surface area contributed by atoms with Gasteiger partial charge in [0.2, 0.25) is 5.91 Å². The van der Waals surface area contributed by atoms with Gasteiger partial charge >= 0.3 is 0 Å². The number of rotatable bonds is 7. The zero-order valence-corrected chi connectivity index (χ0v) is 19.9. The molecule has 0 unspecified atom stereocenters. The Kier molecular flexibility index (Phi) is 6.79. The number of nitrogens with one attached hydrogen (secondary N) is 1. The summed E-state index contributed by atoms with van der Waals surface area (Å²) in [4.78, 5) is 34.7. The van der Waals surface area contributed by atoms with Crippen LogP contribution >= 0.6 is 0 Å². The predicted octanol–water partition coefficient (Wildman–Crippen LogP) is 4.54. The molecule has 2 aromatic carbocycles. The first kappa shape index (κ1) is 22.7. The summed E-state index contributed by atoms with van der Waals surface area (Å²) in [5, 5.41) is 2.96. The molecule has 1 amide bonds. The van der Waals surface area contributed by atoms with Crippen molar-refractivity contribution >= 4 is 34.3 Å². The molecule has 1 N–H and O–H groups in total. The molecular weight excluding hydrogens is 438 g/mol. The van der Waals surface area contributed by atoms with Crippen molar-refractivity contribution in [2.24, 2.45) is 0 Å². The topological polar surface area (TPSA) is 87.1 Å². The molecule has 8 nitrogen and oxygen atoms in total. The first-order valence-electron chi connectivity index (χ1n) is 12.1. The lowest BCUT2D eigenvalue weighted by Gasteiger charge is -2.35. The van der Waals surface area contributed by atoms with Crippen molar-refractivity contribution in [3.63, 3.8) is 0 Å². The average molecular weight is 468 g/mol. The van der Waals surface area contributed by atoms with Crippen LogP contribution in [0, 0.1) is 0 Å². The number of unbranched alkanes of at least 4 members (excludes halogenated alkanes) is 1. The van der Waals surface area contributed by atoms with Gasteiger partial charge < -0.3 is 15.1 Å². The van der Waals surface area contributed by atoms with E-state index in [1.54, 1.807) is 18.6 Å². The summed E-state index contributed by atoms with van der Waals surface area (Å²) in [7, 11) is 0. The molecule has 0 spiro atoms. The zero-order valence-electron chi connectivity index (χ0n) is 19.9. The third kappa shape index (κ3) is 5.37. The molecule has 3 heterocycles. The van der Waals surface area contributed by atoms with Crippen LogP contribution in [0.3, 0.4) is 0 Å². The van der Waals surface area contributed by atoms with E-state index in [4.69, 9.17) is 4.98 Å². The first-order valence-corrected chi connectivity index (χ1v) is 12.1. The van der Waals surface area contributed by atoms with E-state index >= 15 is 0 Å². The normalized spacial score (nSPS) is 13.7. The van der Waals surface area contributed by atoms with Crippen molar-refractivity contribution in [1.82, 2.24) is 19.9 Å². The molecule has 5 rings (SSSR count). The molecule has 1 saturated heterocycles. The van der Waals surface area contributed by atoms with Crippen molar-refractivity contribution in [3.8, 4) is 11.1 Å². The zero-order chi connectivity index (χ0) is 24.0. The van der Waals surface area contributed by atoms with Gasteiger partial charge in [-0.2, -0.15) is 0 Å². The van der Waals surface area contributed by atoms with Gasteiger partial charge in [-0.25, -0.2) is 9.97 Å². The summed E-state index contributed by atoms with van der Waals surface area (Å²) in [6.07, 6.45) is 9.56. The van der Waals surface area contributed by atoms with Crippen LogP contribution in [0.2, 0.25) is 0 Å². The Morgan fingerprint density at radius 1 is 0.857 bits per heavy atom. The summed E-state index contributed by atoms with van der Waals surface area (Å²) in [6, 6.07) is 14.1. The molecule has 1 aliphatic rings. The quantitative estimate of drug-likeness (QED) is 0.427. The minimum absolute atomic E-state index is 0.0608. The molecular formula is C27H29N7O. The second-order valence-electron chi connectivity index (χ2n) is 8.70. The largest absolute Gasteiger partial charge is 0.352 e. The molecule has 178 valence electrons. The highest BCUT2D eigenvalue weighted by molar-refractivity contribution is 5.91. The highest BCUT2D eigenvalue weighted by Crippen LogP contribution is 2.26. The summed E-state index contributed by atoms with van der Waals surface area (Å²) in [5.41, 5.74) is 4.70. The highest BCUT2D eigenvalue weighted by atomic mass is 16.1. The molecule has 0 bridgehead atoms. The van der Waals surface area contributed by atoms with Crippen molar-refractivity contribution in [3.05, 3.63) is 67.3 Å². The highest BCUT2D eigenvalue weighted by Gasteiger charge is 2.19. The Morgan fingerprint density at radius 2 is 1.60 bits per heavy atom. The lowest BCUT2D eigenvalue weighted by atomic mass is 10.0. The summed E-state index contributed by atoms with van der Waals surface area (Å²) < 4.78 is 0. The van der Waals surface area contributed by atoms with Crippen LogP contribution in [0.15, 0.2) is 67.3 Å². The van der Waals surface area contributed by atoms with Crippen LogP contribution < -0.4 is 15.1 Å². The Morgan fingerprint density at radius 3 is 2.31 bits per heavy atom. The fourth-order valence-corrected chi connectivity index (χ4v) is 4.26. The number of carbonyl (C=O) groups excluding carboxylic acids is 1. The van der Waals surface area contributed by atoms with E-state index in [1.807, 2.05) is 36.5 Å².